The molecule has 1 atom stereocenters. The molecular formula is C13H19FN2O. The first-order valence-corrected chi connectivity index (χ1v) is 5.80. The van der Waals surface area contributed by atoms with Gasteiger partial charge in [0.2, 0.25) is 5.91 Å². The van der Waals surface area contributed by atoms with E-state index >= 15 is 0 Å². The van der Waals surface area contributed by atoms with Gasteiger partial charge in [-0.15, -0.1) is 0 Å². The summed E-state index contributed by atoms with van der Waals surface area (Å²) in [7, 11) is 0. The third-order valence-electron chi connectivity index (χ3n) is 2.47. The molecule has 1 amide bonds. The van der Waals surface area contributed by atoms with Crippen LogP contribution in [-0.4, -0.2) is 19.1 Å². The molecule has 1 rings (SSSR count). The zero-order valence-corrected chi connectivity index (χ0v) is 10.3. The van der Waals surface area contributed by atoms with Gasteiger partial charge in [-0.2, -0.15) is 0 Å². The van der Waals surface area contributed by atoms with Gasteiger partial charge in [-0.25, -0.2) is 0 Å². The minimum atomic E-state index is -0.300. The Morgan fingerprint density at radius 2 is 2.24 bits per heavy atom. The first-order valence-electron chi connectivity index (χ1n) is 5.80. The lowest BCUT2D eigenvalue weighted by atomic mass is 10.1. The molecule has 0 aliphatic rings. The van der Waals surface area contributed by atoms with Gasteiger partial charge in [-0.3, -0.25) is 9.18 Å². The highest BCUT2D eigenvalue weighted by atomic mass is 19.1. The molecule has 0 aromatic heterocycles. The van der Waals surface area contributed by atoms with Crippen molar-refractivity contribution in [2.24, 2.45) is 0 Å². The number of carbonyl (C=O) groups excluding carboxylic acids is 1. The van der Waals surface area contributed by atoms with Gasteiger partial charge in [0.15, 0.2) is 0 Å². The molecule has 17 heavy (non-hydrogen) atoms. The van der Waals surface area contributed by atoms with Crippen LogP contribution in [0.3, 0.4) is 0 Å². The summed E-state index contributed by atoms with van der Waals surface area (Å²) in [6.07, 6.45) is 0.524. The van der Waals surface area contributed by atoms with Crippen LogP contribution in [0.25, 0.3) is 0 Å². The Hall–Kier alpha value is -1.42. The van der Waals surface area contributed by atoms with Gasteiger partial charge < -0.3 is 10.6 Å². The van der Waals surface area contributed by atoms with Crippen molar-refractivity contribution in [2.45, 2.75) is 26.3 Å². The van der Waals surface area contributed by atoms with Gasteiger partial charge in [-0.05, 0) is 37.6 Å². The molecule has 0 saturated carbocycles. The standard InChI is InChI=1S/C13H19FN2O/c1-10(15-8-4-7-14)12-5-3-6-13(9-12)16-11(2)17/h3,5-6,9-10,15H,4,7-8H2,1-2H3,(H,16,17). The molecule has 0 aliphatic carbocycles. The maximum atomic E-state index is 12.0. The minimum Gasteiger partial charge on any atom is -0.326 e. The topological polar surface area (TPSA) is 41.1 Å². The van der Waals surface area contributed by atoms with Crippen LogP contribution >= 0.6 is 0 Å². The van der Waals surface area contributed by atoms with E-state index in [9.17, 15) is 9.18 Å². The van der Waals surface area contributed by atoms with E-state index < -0.39 is 0 Å². The highest BCUT2D eigenvalue weighted by molar-refractivity contribution is 5.88. The summed E-state index contributed by atoms with van der Waals surface area (Å²) in [5, 5.41) is 5.97. The second-order valence-corrected chi connectivity index (χ2v) is 4.02. The molecule has 0 bridgehead atoms. The molecule has 4 heteroatoms. The molecule has 1 unspecified atom stereocenters. The Morgan fingerprint density at radius 3 is 2.88 bits per heavy atom. The molecule has 0 heterocycles. The van der Waals surface area contributed by atoms with Crippen LogP contribution in [0.4, 0.5) is 10.1 Å². The summed E-state index contributed by atoms with van der Waals surface area (Å²) in [4.78, 5) is 10.9. The summed E-state index contributed by atoms with van der Waals surface area (Å²) in [6, 6.07) is 7.80. The predicted molar refractivity (Wildman–Crippen MR) is 67.8 cm³/mol. The number of anilines is 1. The first-order chi connectivity index (χ1) is 8.13. The smallest absolute Gasteiger partial charge is 0.221 e. The third-order valence-corrected chi connectivity index (χ3v) is 2.47. The van der Waals surface area contributed by atoms with Crippen LogP contribution in [0.2, 0.25) is 0 Å². The van der Waals surface area contributed by atoms with E-state index in [-0.39, 0.29) is 18.6 Å². The maximum Gasteiger partial charge on any atom is 0.221 e. The molecule has 0 fully saturated rings. The number of halogens is 1. The monoisotopic (exact) mass is 238 g/mol. The summed E-state index contributed by atoms with van der Waals surface area (Å²) < 4.78 is 12.0. The second kappa shape index (κ2) is 7.01. The van der Waals surface area contributed by atoms with Crippen LogP contribution in [-0.2, 0) is 4.79 Å². The molecular weight excluding hydrogens is 219 g/mol. The normalized spacial score (nSPS) is 12.2. The number of hydrogen-bond donors (Lipinski definition) is 2. The largest absolute Gasteiger partial charge is 0.326 e. The average molecular weight is 238 g/mol. The fourth-order valence-corrected chi connectivity index (χ4v) is 1.59. The lowest BCUT2D eigenvalue weighted by Gasteiger charge is -2.14. The molecule has 3 nitrogen and oxygen atoms in total. The van der Waals surface area contributed by atoms with Gasteiger partial charge in [0.1, 0.15) is 0 Å². The Kier molecular flexibility index (Phi) is 5.63. The summed E-state index contributed by atoms with van der Waals surface area (Å²) in [5.41, 5.74) is 1.87. The van der Waals surface area contributed by atoms with Crippen molar-refractivity contribution in [1.82, 2.24) is 5.32 Å². The zero-order chi connectivity index (χ0) is 12.7. The second-order valence-electron chi connectivity index (χ2n) is 4.02. The summed E-state index contributed by atoms with van der Waals surface area (Å²) in [5.74, 6) is -0.0832. The van der Waals surface area contributed by atoms with Crippen molar-refractivity contribution in [2.75, 3.05) is 18.5 Å². The van der Waals surface area contributed by atoms with E-state index in [1.165, 1.54) is 6.92 Å². The van der Waals surface area contributed by atoms with Crippen molar-refractivity contribution in [3.8, 4) is 0 Å². The SMILES string of the molecule is CC(=O)Nc1cccc(C(C)NCCCF)c1. The van der Waals surface area contributed by atoms with Crippen LogP contribution < -0.4 is 10.6 Å². The Labute approximate surface area is 101 Å². The Morgan fingerprint density at radius 1 is 1.47 bits per heavy atom. The van der Waals surface area contributed by atoms with Crippen molar-refractivity contribution >= 4 is 11.6 Å². The molecule has 1 aromatic rings. The number of rotatable bonds is 6. The number of amides is 1. The van der Waals surface area contributed by atoms with E-state index in [4.69, 9.17) is 0 Å². The maximum absolute atomic E-state index is 12.0. The molecule has 1 aromatic carbocycles. The average Bonchev–Trinajstić information content (AvgIpc) is 2.28. The zero-order valence-electron chi connectivity index (χ0n) is 10.3. The van der Waals surface area contributed by atoms with Gasteiger partial charge in [-0.1, -0.05) is 12.1 Å². The molecule has 94 valence electrons. The van der Waals surface area contributed by atoms with Gasteiger partial charge >= 0.3 is 0 Å². The predicted octanol–water partition coefficient (Wildman–Crippen LogP) is 2.66. The van der Waals surface area contributed by atoms with Crippen LogP contribution in [0.1, 0.15) is 31.9 Å². The van der Waals surface area contributed by atoms with Crippen LogP contribution in [0.5, 0.6) is 0 Å². The van der Waals surface area contributed by atoms with Crippen molar-refractivity contribution < 1.29 is 9.18 Å². The van der Waals surface area contributed by atoms with Crippen molar-refractivity contribution in [3.05, 3.63) is 29.8 Å². The minimum absolute atomic E-state index is 0.0832. The third kappa shape index (κ3) is 4.95. The van der Waals surface area contributed by atoms with Gasteiger partial charge in [0.05, 0.1) is 6.67 Å². The number of hydrogen-bond acceptors (Lipinski definition) is 2. The fourth-order valence-electron chi connectivity index (χ4n) is 1.59. The van der Waals surface area contributed by atoms with E-state index in [1.807, 2.05) is 31.2 Å². The number of alkyl halides is 1. The quantitative estimate of drug-likeness (QED) is 0.748. The van der Waals surface area contributed by atoms with Crippen molar-refractivity contribution in [3.63, 3.8) is 0 Å². The molecule has 0 aliphatic heterocycles. The Bertz CT molecular complexity index is 368. The molecule has 0 saturated heterocycles. The Balaban J connectivity index is 2.60. The lowest BCUT2D eigenvalue weighted by molar-refractivity contribution is -0.114. The lowest BCUT2D eigenvalue weighted by Crippen LogP contribution is -2.20. The van der Waals surface area contributed by atoms with Crippen LogP contribution in [0.15, 0.2) is 24.3 Å². The van der Waals surface area contributed by atoms with Crippen LogP contribution in [0, 0.1) is 0 Å². The highest BCUT2D eigenvalue weighted by Gasteiger charge is 2.05. The molecule has 2 N–H and O–H groups in total. The number of carbonyl (C=O) groups is 1. The fraction of sp³-hybridized carbons (Fsp3) is 0.462. The number of nitrogens with one attached hydrogen (secondary N) is 2. The van der Waals surface area contributed by atoms with E-state index in [0.29, 0.717) is 13.0 Å². The highest BCUT2D eigenvalue weighted by Crippen LogP contribution is 2.17. The first kappa shape index (κ1) is 13.6. The number of benzene rings is 1. The summed E-state index contributed by atoms with van der Waals surface area (Å²) in [6.45, 7) is 3.86. The van der Waals surface area contributed by atoms with E-state index in [0.717, 1.165) is 11.3 Å². The molecule has 0 radical (unpaired) electrons. The van der Waals surface area contributed by atoms with E-state index in [1.54, 1.807) is 0 Å². The van der Waals surface area contributed by atoms with Crippen molar-refractivity contribution in [1.29, 1.82) is 0 Å². The van der Waals surface area contributed by atoms with E-state index in [2.05, 4.69) is 10.6 Å². The van der Waals surface area contributed by atoms with Gasteiger partial charge in [0, 0.05) is 18.7 Å². The summed E-state index contributed by atoms with van der Waals surface area (Å²) >= 11 is 0. The van der Waals surface area contributed by atoms with Gasteiger partial charge in [0.25, 0.3) is 0 Å². The molecule has 0 spiro atoms.